The van der Waals surface area contributed by atoms with Crippen molar-refractivity contribution in [2.75, 3.05) is 6.61 Å². The van der Waals surface area contributed by atoms with E-state index in [0.717, 1.165) is 0 Å². The molecule has 0 aliphatic carbocycles. The van der Waals surface area contributed by atoms with Crippen LogP contribution in [0.2, 0.25) is 0 Å². The highest BCUT2D eigenvalue weighted by atomic mass is 16.7. The number of para-hydroxylation sites is 1. The summed E-state index contributed by atoms with van der Waals surface area (Å²) in [6, 6.07) is 6.03. The van der Waals surface area contributed by atoms with E-state index in [1.54, 1.807) is 6.07 Å². The lowest BCUT2D eigenvalue weighted by atomic mass is 10.1. The molecule has 1 aromatic rings. The molecule has 1 fully saturated rings. The molecule has 110 valence electrons. The first kappa shape index (κ1) is 14.8. The zero-order chi connectivity index (χ0) is 14.7. The van der Waals surface area contributed by atoms with Crippen LogP contribution < -0.4 is 0 Å². The fraction of sp³-hybridized carbons (Fsp3) is 0.500. The van der Waals surface area contributed by atoms with Gasteiger partial charge < -0.3 is 24.8 Å². The predicted octanol–water partition coefficient (Wildman–Crippen LogP) is -0.450. The summed E-state index contributed by atoms with van der Waals surface area (Å²) in [7, 11) is 0. The molecule has 0 saturated carbocycles. The van der Waals surface area contributed by atoms with Crippen LogP contribution in [0.3, 0.4) is 0 Å². The summed E-state index contributed by atoms with van der Waals surface area (Å²) in [6.45, 7) is -0.604. The van der Waals surface area contributed by atoms with Crippen molar-refractivity contribution in [3.05, 3.63) is 39.9 Å². The monoisotopic (exact) mass is 285 g/mol. The average molecular weight is 285 g/mol. The Labute approximate surface area is 114 Å². The van der Waals surface area contributed by atoms with Gasteiger partial charge in [0, 0.05) is 6.07 Å². The SMILES string of the molecule is O=[N+]([O-])c1ccccc1COC1O[C@H](CO)[C@@H](O)[C@H]1O. The summed E-state index contributed by atoms with van der Waals surface area (Å²) in [5, 5.41) is 39.0. The van der Waals surface area contributed by atoms with Crippen LogP contribution in [0.15, 0.2) is 24.3 Å². The molecule has 8 heteroatoms. The van der Waals surface area contributed by atoms with Crippen molar-refractivity contribution < 1.29 is 29.7 Å². The second-order valence-electron chi connectivity index (χ2n) is 4.40. The minimum Gasteiger partial charge on any atom is -0.394 e. The molecule has 8 nitrogen and oxygen atoms in total. The lowest BCUT2D eigenvalue weighted by Gasteiger charge is -2.15. The number of nitro groups is 1. The normalized spacial score (nSPS) is 29.6. The van der Waals surface area contributed by atoms with Crippen molar-refractivity contribution in [1.29, 1.82) is 0 Å². The van der Waals surface area contributed by atoms with Gasteiger partial charge >= 0.3 is 0 Å². The molecule has 1 aliphatic heterocycles. The van der Waals surface area contributed by atoms with Gasteiger partial charge in [-0.05, 0) is 6.07 Å². The van der Waals surface area contributed by atoms with Crippen LogP contribution in [0, 0.1) is 10.1 Å². The van der Waals surface area contributed by atoms with Crippen molar-refractivity contribution in [2.45, 2.75) is 31.2 Å². The van der Waals surface area contributed by atoms with Gasteiger partial charge in [0.1, 0.15) is 18.3 Å². The maximum absolute atomic E-state index is 10.8. The van der Waals surface area contributed by atoms with Gasteiger partial charge in [-0.2, -0.15) is 0 Å². The Bertz CT molecular complexity index is 481. The highest BCUT2D eigenvalue weighted by molar-refractivity contribution is 5.39. The minimum absolute atomic E-state index is 0.0979. The van der Waals surface area contributed by atoms with Crippen LogP contribution in [-0.4, -0.2) is 51.5 Å². The van der Waals surface area contributed by atoms with Gasteiger partial charge in [0.05, 0.1) is 23.7 Å². The van der Waals surface area contributed by atoms with Crippen LogP contribution in [0.5, 0.6) is 0 Å². The molecule has 0 spiro atoms. The molecule has 3 N–H and O–H groups in total. The van der Waals surface area contributed by atoms with E-state index >= 15 is 0 Å². The first-order valence-electron chi connectivity index (χ1n) is 6.01. The zero-order valence-electron chi connectivity index (χ0n) is 10.5. The fourth-order valence-corrected chi connectivity index (χ4v) is 1.99. The average Bonchev–Trinajstić information content (AvgIpc) is 2.72. The Morgan fingerprint density at radius 1 is 1.30 bits per heavy atom. The maximum Gasteiger partial charge on any atom is 0.274 e. The Kier molecular flexibility index (Phi) is 4.63. The van der Waals surface area contributed by atoms with E-state index in [4.69, 9.17) is 14.6 Å². The standard InChI is InChI=1S/C12H15NO7/c14-5-9-10(15)11(16)12(20-9)19-6-7-3-1-2-4-8(7)13(17)18/h1-4,9-12,14-16H,5-6H2/t9-,10-,11-,12?/m1/s1. The lowest BCUT2D eigenvalue weighted by molar-refractivity contribution is -0.386. The maximum atomic E-state index is 10.8. The number of benzene rings is 1. The van der Waals surface area contributed by atoms with Crippen LogP contribution in [0.1, 0.15) is 5.56 Å². The van der Waals surface area contributed by atoms with Gasteiger partial charge in [-0.25, -0.2) is 0 Å². The Hall–Kier alpha value is -1.58. The second kappa shape index (κ2) is 6.25. The highest BCUT2D eigenvalue weighted by Crippen LogP contribution is 2.25. The molecular weight excluding hydrogens is 270 g/mol. The largest absolute Gasteiger partial charge is 0.394 e. The lowest BCUT2D eigenvalue weighted by Crippen LogP contribution is -2.34. The number of aliphatic hydroxyl groups is 3. The molecule has 1 unspecified atom stereocenters. The van der Waals surface area contributed by atoms with Crippen molar-refractivity contribution in [3.63, 3.8) is 0 Å². The van der Waals surface area contributed by atoms with E-state index in [9.17, 15) is 20.3 Å². The highest BCUT2D eigenvalue weighted by Gasteiger charge is 2.43. The third-order valence-electron chi connectivity index (χ3n) is 3.09. The molecule has 0 aromatic heterocycles. The molecule has 1 heterocycles. The Balaban J connectivity index is 2.01. The van der Waals surface area contributed by atoms with Crippen LogP contribution in [0.25, 0.3) is 0 Å². The van der Waals surface area contributed by atoms with Gasteiger partial charge in [0.2, 0.25) is 0 Å². The van der Waals surface area contributed by atoms with Crippen molar-refractivity contribution in [2.24, 2.45) is 0 Å². The zero-order valence-corrected chi connectivity index (χ0v) is 10.5. The third-order valence-corrected chi connectivity index (χ3v) is 3.09. The summed E-state index contributed by atoms with van der Waals surface area (Å²) in [4.78, 5) is 10.3. The summed E-state index contributed by atoms with van der Waals surface area (Å²) < 4.78 is 10.4. The number of hydrogen-bond donors (Lipinski definition) is 3. The van der Waals surface area contributed by atoms with Gasteiger partial charge in [-0.1, -0.05) is 12.1 Å². The number of rotatable bonds is 5. The summed E-state index contributed by atoms with van der Waals surface area (Å²) >= 11 is 0. The van der Waals surface area contributed by atoms with Crippen LogP contribution >= 0.6 is 0 Å². The summed E-state index contributed by atoms with van der Waals surface area (Å²) in [5.74, 6) is 0. The molecule has 0 amide bonds. The van der Waals surface area contributed by atoms with Gasteiger partial charge in [-0.15, -0.1) is 0 Å². The van der Waals surface area contributed by atoms with Gasteiger partial charge in [0.15, 0.2) is 6.29 Å². The van der Waals surface area contributed by atoms with Crippen LogP contribution in [-0.2, 0) is 16.1 Å². The smallest absolute Gasteiger partial charge is 0.274 e. The molecule has 1 saturated heterocycles. The quantitative estimate of drug-likeness (QED) is 0.494. The minimum atomic E-state index is -1.31. The number of nitrogens with zero attached hydrogens (tertiary/aromatic N) is 1. The molecule has 20 heavy (non-hydrogen) atoms. The molecule has 0 radical (unpaired) electrons. The van der Waals surface area contributed by atoms with Crippen LogP contribution in [0.4, 0.5) is 5.69 Å². The van der Waals surface area contributed by atoms with Crippen molar-refractivity contribution in [1.82, 2.24) is 0 Å². The topological polar surface area (TPSA) is 122 Å². The Morgan fingerprint density at radius 2 is 2.00 bits per heavy atom. The van der Waals surface area contributed by atoms with Gasteiger partial charge in [0.25, 0.3) is 5.69 Å². The summed E-state index contributed by atoms with van der Waals surface area (Å²) in [6.07, 6.45) is -4.63. The van der Waals surface area contributed by atoms with E-state index in [2.05, 4.69) is 0 Å². The fourth-order valence-electron chi connectivity index (χ4n) is 1.99. The first-order chi connectivity index (χ1) is 9.54. The molecule has 1 aromatic carbocycles. The van der Waals surface area contributed by atoms with E-state index in [1.807, 2.05) is 0 Å². The van der Waals surface area contributed by atoms with Crippen molar-refractivity contribution >= 4 is 5.69 Å². The number of nitro benzene ring substituents is 1. The van der Waals surface area contributed by atoms with Gasteiger partial charge in [-0.3, -0.25) is 10.1 Å². The van der Waals surface area contributed by atoms with E-state index in [1.165, 1.54) is 18.2 Å². The number of hydrogen-bond acceptors (Lipinski definition) is 7. The first-order valence-corrected chi connectivity index (χ1v) is 6.01. The molecule has 1 aliphatic rings. The molecule has 2 rings (SSSR count). The molecular formula is C12H15NO7. The molecule has 4 atom stereocenters. The third kappa shape index (κ3) is 2.94. The predicted molar refractivity (Wildman–Crippen MR) is 65.6 cm³/mol. The number of aliphatic hydroxyl groups excluding tert-OH is 3. The Morgan fingerprint density at radius 3 is 2.60 bits per heavy atom. The second-order valence-corrected chi connectivity index (χ2v) is 4.40. The van der Waals surface area contributed by atoms with E-state index < -0.39 is 36.1 Å². The van der Waals surface area contributed by atoms with Crippen molar-refractivity contribution in [3.8, 4) is 0 Å². The summed E-state index contributed by atoms with van der Waals surface area (Å²) in [5.41, 5.74) is 0.231. The number of ether oxygens (including phenoxy) is 2. The molecule has 0 bridgehead atoms. The van der Waals surface area contributed by atoms with E-state index in [0.29, 0.717) is 5.56 Å². The van der Waals surface area contributed by atoms with E-state index in [-0.39, 0.29) is 12.3 Å².